The van der Waals surface area contributed by atoms with Crippen molar-refractivity contribution in [2.45, 2.75) is 24.7 Å². The third-order valence-corrected chi connectivity index (χ3v) is 5.39. The molecule has 0 aliphatic rings. The van der Waals surface area contributed by atoms with Crippen LogP contribution in [0.25, 0.3) is 5.69 Å². The Morgan fingerprint density at radius 3 is 2.56 bits per heavy atom. The lowest BCUT2D eigenvalue weighted by Crippen LogP contribution is -2.14. The second-order valence-corrected chi connectivity index (χ2v) is 7.53. The number of aromatic nitrogens is 4. The van der Waals surface area contributed by atoms with Gasteiger partial charge in [0.05, 0.1) is 16.3 Å². The van der Waals surface area contributed by atoms with Crippen LogP contribution in [0.5, 0.6) is 0 Å². The fourth-order valence-corrected chi connectivity index (χ4v) is 3.67. The van der Waals surface area contributed by atoms with E-state index in [0.717, 1.165) is 5.56 Å². The molecule has 0 saturated carbocycles. The Labute approximate surface area is 155 Å². The maximum Gasteiger partial charge on any atom is 0.303 e. The number of sulfonamides is 1. The number of nitrogens with one attached hydrogen (secondary N) is 1. The number of aryl methyl sites for hydroxylation is 1. The van der Waals surface area contributed by atoms with Crippen molar-refractivity contribution in [2.75, 3.05) is 4.72 Å². The van der Waals surface area contributed by atoms with Crippen LogP contribution in [0.15, 0.2) is 53.7 Å². The number of nitrogens with zero attached hydrogens (tertiary/aromatic N) is 4. The molecule has 0 aliphatic carbocycles. The van der Waals surface area contributed by atoms with Gasteiger partial charge in [-0.2, -0.15) is 0 Å². The lowest BCUT2D eigenvalue weighted by atomic mass is 10.1. The van der Waals surface area contributed by atoms with E-state index in [1.165, 1.54) is 23.1 Å². The van der Waals surface area contributed by atoms with Gasteiger partial charge in [0.15, 0.2) is 0 Å². The second-order valence-electron chi connectivity index (χ2n) is 5.85. The summed E-state index contributed by atoms with van der Waals surface area (Å²) in [6.45, 7) is 1.77. The maximum atomic E-state index is 12.7. The molecular weight excluding hydrogens is 370 g/mol. The Balaban J connectivity index is 1.83. The Bertz CT molecular complexity index is 1050. The van der Waals surface area contributed by atoms with Crippen LogP contribution in [0.2, 0.25) is 0 Å². The first-order chi connectivity index (χ1) is 12.9. The number of benzene rings is 2. The summed E-state index contributed by atoms with van der Waals surface area (Å²) in [5.74, 6) is -0.897. The number of tetrazole rings is 1. The Hall–Kier alpha value is -3.27. The highest BCUT2D eigenvalue weighted by Gasteiger charge is 2.17. The van der Waals surface area contributed by atoms with E-state index >= 15 is 0 Å². The third kappa shape index (κ3) is 4.29. The predicted molar refractivity (Wildman–Crippen MR) is 97.1 cm³/mol. The normalized spacial score (nSPS) is 11.3. The quantitative estimate of drug-likeness (QED) is 0.632. The first kappa shape index (κ1) is 18.5. The molecule has 1 aromatic heterocycles. The van der Waals surface area contributed by atoms with Gasteiger partial charge in [0, 0.05) is 6.42 Å². The number of carbonyl (C=O) groups is 1. The Kier molecular flexibility index (Phi) is 5.17. The SMILES string of the molecule is Cc1c(NS(=O)(=O)c2ccc(CCC(=O)O)cc2)cccc1-n1cnnn1. The minimum absolute atomic E-state index is 0.00647. The minimum Gasteiger partial charge on any atom is -0.481 e. The number of rotatable bonds is 7. The lowest BCUT2D eigenvalue weighted by Gasteiger charge is -2.13. The molecular formula is C17H17N5O4S. The van der Waals surface area contributed by atoms with Gasteiger partial charge >= 0.3 is 5.97 Å². The summed E-state index contributed by atoms with van der Waals surface area (Å²) in [6, 6.07) is 11.3. The van der Waals surface area contributed by atoms with Gasteiger partial charge in [0.1, 0.15) is 6.33 Å². The molecule has 0 spiro atoms. The van der Waals surface area contributed by atoms with Crippen molar-refractivity contribution >= 4 is 21.7 Å². The van der Waals surface area contributed by atoms with Crippen molar-refractivity contribution in [3.05, 3.63) is 59.9 Å². The number of carboxylic acids is 1. The van der Waals surface area contributed by atoms with Crippen molar-refractivity contribution in [3.8, 4) is 5.69 Å². The largest absolute Gasteiger partial charge is 0.481 e. The van der Waals surface area contributed by atoms with Gasteiger partial charge in [-0.25, -0.2) is 13.1 Å². The van der Waals surface area contributed by atoms with Crippen LogP contribution in [-0.2, 0) is 21.2 Å². The molecule has 1 heterocycles. The summed E-state index contributed by atoms with van der Waals surface area (Å²) in [7, 11) is -3.80. The molecule has 0 amide bonds. The fraction of sp³-hybridized carbons (Fsp3) is 0.176. The zero-order chi connectivity index (χ0) is 19.4. The average Bonchev–Trinajstić information content (AvgIpc) is 3.16. The average molecular weight is 387 g/mol. The van der Waals surface area contributed by atoms with E-state index in [2.05, 4.69) is 20.2 Å². The minimum atomic E-state index is -3.80. The van der Waals surface area contributed by atoms with E-state index in [0.29, 0.717) is 23.4 Å². The monoisotopic (exact) mass is 387 g/mol. The molecule has 3 aromatic rings. The smallest absolute Gasteiger partial charge is 0.303 e. The number of anilines is 1. The third-order valence-electron chi connectivity index (χ3n) is 4.01. The van der Waals surface area contributed by atoms with Crippen LogP contribution in [-0.4, -0.2) is 39.7 Å². The zero-order valence-corrected chi connectivity index (χ0v) is 15.2. The van der Waals surface area contributed by atoms with Gasteiger partial charge in [-0.05, 0) is 59.2 Å². The molecule has 0 radical (unpaired) electrons. The van der Waals surface area contributed by atoms with Crippen LogP contribution in [0.1, 0.15) is 17.5 Å². The van der Waals surface area contributed by atoms with E-state index < -0.39 is 16.0 Å². The summed E-state index contributed by atoms with van der Waals surface area (Å²) < 4.78 is 29.4. The van der Waals surface area contributed by atoms with Gasteiger partial charge in [0.25, 0.3) is 10.0 Å². The molecule has 140 valence electrons. The molecule has 9 nitrogen and oxygen atoms in total. The fourth-order valence-electron chi connectivity index (χ4n) is 2.54. The lowest BCUT2D eigenvalue weighted by molar-refractivity contribution is -0.136. The van der Waals surface area contributed by atoms with Gasteiger partial charge in [-0.3, -0.25) is 9.52 Å². The van der Waals surface area contributed by atoms with Crippen LogP contribution in [0.3, 0.4) is 0 Å². The van der Waals surface area contributed by atoms with Crippen molar-refractivity contribution in [2.24, 2.45) is 0 Å². The van der Waals surface area contributed by atoms with E-state index in [-0.39, 0.29) is 11.3 Å². The van der Waals surface area contributed by atoms with Crippen molar-refractivity contribution in [1.29, 1.82) is 0 Å². The maximum absolute atomic E-state index is 12.7. The molecule has 0 bridgehead atoms. The van der Waals surface area contributed by atoms with Crippen LogP contribution >= 0.6 is 0 Å². The summed E-state index contributed by atoms with van der Waals surface area (Å²) in [5, 5.41) is 19.7. The topological polar surface area (TPSA) is 127 Å². The first-order valence-electron chi connectivity index (χ1n) is 8.03. The zero-order valence-electron chi connectivity index (χ0n) is 14.4. The highest BCUT2D eigenvalue weighted by Crippen LogP contribution is 2.24. The van der Waals surface area contributed by atoms with Crippen molar-refractivity contribution in [1.82, 2.24) is 20.2 Å². The standard InChI is InChI=1S/C17H17N5O4S/c1-12-15(3-2-4-16(12)22-11-18-20-21-22)19-27(25,26)14-8-5-13(6-9-14)7-10-17(23)24/h2-6,8-9,11,19H,7,10H2,1H3,(H,23,24). The molecule has 0 saturated heterocycles. The van der Waals surface area contributed by atoms with E-state index in [9.17, 15) is 13.2 Å². The van der Waals surface area contributed by atoms with Gasteiger partial charge in [0.2, 0.25) is 0 Å². The predicted octanol–water partition coefficient (Wildman–Crippen LogP) is 1.79. The van der Waals surface area contributed by atoms with E-state index in [1.807, 2.05) is 0 Å². The van der Waals surface area contributed by atoms with Gasteiger partial charge < -0.3 is 5.11 Å². The molecule has 0 fully saturated rings. The first-order valence-corrected chi connectivity index (χ1v) is 9.51. The van der Waals surface area contributed by atoms with E-state index in [1.54, 1.807) is 37.3 Å². The molecule has 3 rings (SSSR count). The van der Waals surface area contributed by atoms with Crippen LogP contribution in [0, 0.1) is 6.92 Å². The Morgan fingerprint density at radius 2 is 1.93 bits per heavy atom. The van der Waals surface area contributed by atoms with Crippen molar-refractivity contribution in [3.63, 3.8) is 0 Å². The second kappa shape index (κ2) is 7.54. The highest BCUT2D eigenvalue weighted by atomic mass is 32.2. The number of carboxylic acid groups (broad SMARTS) is 1. The molecule has 2 N–H and O–H groups in total. The van der Waals surface area contributed by atoms with E-state index in [4.69, 9.17) is 5.11 Å². The molecule has 0 unspecified atom stereocenters. The van der Waals surface area contributed by atoms with Gasteiger partial charge in [-0.1, -0.05) is 18.2 Å². The van der Waals surface area contributed by atoms with Crippen LogP contribution < -0.4 is 4.72 Å². The molecule has 27 heavy (non-hydrogen) atoms. The number of aliphatic carboxylic acids is 1. The van der Waals surface area contributed by atoms with Gasteiger partial charge in [-0.15, -0.1) is 5.10 Å². The van der Waals surface area contributed by atoms with Crippen LogP contribution in [0.4, 0.5) is 5.69 Å². The molecule has 0 aliphatic heterocycles. The molecule has 0 atom stereocenters. The summed E-state index contributed by atoms with van der Waals surface area (Å²) in [5.41, 5.74) is 2.50. The number of hydrogen-bond acceptors (Lipinski definition) is 6. The highest BCUT2D eigenvalue weighted by molar-refractivity contribution is 7.92. The summed E-state index contributed by atoms with van der Waals surface area (Å²) in [6.07, 6.45) is 1.76. The Morgan fingerprint density at radius 1 is 1.19 bits per heavy atom. The summed E-state index contributed by atoms with van der Waals surface area (Å²) in [4.78, 5) is 10.7. The summed E-state index contributed by atoms with van der Waals surface area (Å²) >= 11 is 0. The molecule has 10 heteroatoms. The molecule has 2 aromatic carbocycles. The van der Waals surface area contributed by atoms with Crippen molar-refractivity contribution < 1.29 is 18.3 Å². The number of hydrogen-bond donors (Lipinski definition) is 2.